The summed E-state index contributed by atoms with van der Waals surface area (Å²) in [7, 11) is 0. The van der Waals surface area contributed by atoms with Gasteiger partial charge in [0.2, 0.25) is 0 Å². The van der Waals surface area contributed by atoms with Gasteiger partial charge >= 0.3 is 6.09 Å². The molecule has 4 heteroatoms. The fourth-order valence-electron chi connectivity index (χ4n) is 2.89. The van der Waals surface area contributed by atoms with E-state index < -0.39 is 5.60 Å². The highest BCUT2D eigenvalue weighted by Crippen LogP contribution is 2.46. The Balaban J connectivity index is 1.96. The SMILES string of the molecule is CC(=O)[C@@H]1C[C@@H]1[C@@H]1CCCN1C(=O)OC(C)(C)C. The van der Waals surface area contributed by atoms with Gasteiger partial charge in [0.05, 0.1) is 0 Å². The second-order valence-corrected chi connectivity index (χ2v) is 6.50. The molecule has 0 aromatic carbocycles. The molecule has 1 aliphatic heterocycles. The van der Waals surface area contributed by atoms with Gasteiger partial charge in [0, 0.05) is 18.5 Å². The molecule has 2 rings (SSSR count). The molecule has 2 aliphatic rings. The minimum atomic E-state index is -0.451. The van der Waals surface area contributed by atoms with Gasteiger partial charge in [-0.1, -0.05) is 0 Å². The van der Waals surface area contributed by atoms with Crippen molar-refractivity contribution in [3.8, 4) is 0 Å². The molecule has 0 unspecified atom stereocenters. The Morgan fingerprint density at radius 2 is 1.94 bits per heavy atom. The van der Waals surface area contributed by atoms with E-state index in [0.29, 0.717) is 5.92 Å². The zero-order valence-electron chi connectivity index (χ0n) is 11.7. The van der Waals surface area contributed by atoms with E-state index >= 15 is 0 Å². The number of hydrogen-bond donors (Lipinski definition) is 0. The summed E-state index contributed by atoms with van der Waals surface area (Å²) in [6.45, 7) is 8.06. The maximum atomic E-state index is 12.1. The molecule has 18 heavy (non-hydrogen) atoms. The standard InChI is InChI=1S/C14H23NO3/c1-9(16)10-8-11(10)12-6-5-7-15(12)13(17)18-14(2,3)4/h10-12H,5-8H2,1-4H3/t10-,11-,12-/m0/s1. The van der Waals surface area contributed by atoms with Gasteiger partial charge in [0.25, 0.3) is 0 Å². The number of nitrogens with zero attached hydrogens (tertiary/aromatic N) is 1. The van der Waals surface area contributed by atoms with Gasteiger partial charge in [-0.3, -0.25) is 4.79 Å². The summed E-state index contributed by atoms with van der Waals surface area (Å²) in [4.78, 5) is 25.3. The maximum absolute atomic E-state index is 12.1. The summed E-state index contributed by atoms with van der Waals surface area (Å²) in [6.07, 6.45) is 2.75. The van der Waals surface area contributed by atoms with Gasteiger partial charge < -0.3 is 9.64 Å². The molecule has 0 N–H and O–H groups in total. The molecular formula is C14H23NO3. The Hall–Kier alpha value is -1.06. The molecule has 3 atom stereocenters. The number of ether oxygens (including phenoxy) is 1. The summed E-state index contributed by atoms with van der Waals surface area (Å²) in [5, 5.41) is 0. The first-order valence-electron chi connectivity index (χ1n) is 6.79. The van der Waals surface area contributed by atoms with Crippen LogP contribution in [0.25, 0.3) is 0 Å². The molecule has 1 saturated carbocycles. The lowest BCUT2D eigenvalue weighted by Gasteiger charge is -2.28. The van der Waals surface area contributed by atoms with Gasteiger partial charge in [-0.2, -0.15) is 0 Å². The summed E-state index contributed by atoms with van der Waals surface area (Å²) in [5.74, 6) is 0.812. The number of Topliss-reactive ketones (excluding diaryl/α,β-unsaturated/α-hetero) is 1. The van der Waals surface area contributed by atoms with E-state index in [1.807, 2.05) is 25.7 Å². The van der Waals surface area contributed by atoms with Crippen LogP contribution in [-0.2, 0) is 9.53 Å². The highest BCUT2D eigenvalue weighted by Gasteiger charge is 2.50. The lowest BCUT2D eigenvalue weighted by Crippen LogP contribution is -2.41. The molecule has 1 amide bonds. The predicted octanol–water partition coefficient (Wildman–Crippen LogP) is 2.61. The third kappa shape index (κ3) is 2.85. The van der Waals surface area contributed by atoms with Crippen molar-refractivity contribution in [3.63, 3.8) is 0 Å². The van der Waals surface area contributed by atoms with Crippen LogP contribution >= 0.6 is 0 Å². The van der Waals surface area contributed by atoms with Crippen LogP contribution in [-0.4, -0.2) is 35.0 Å². The zero-order valence-corrected chi connectivity index (χ0v) is 11.7. The van der Waals surface area contributed by atoms with Crippen molar-refractivity contribution < 1.29 is 14.3 Å². The minimum absolute atomic E-state index is 0.179. The van der Waals surface area contributed by atoms with Crippen LogP contribution in [0.2, 0.25) is 0 Å². The number of rotatable bonds is 2. The highest BCUT2D eigenvalue weighted by atomic mass is 16.6. The van der Waals surface area contributed by atoms with E-state index in [4.69, 9.17) is 4.74 Å². The van der Waals surface area contributed by atoms with Crippen LogP contribution in [0.4, 0.5) is 4.79 Å². The average molecular weight is 253 g/mol. The molecule has 1 heterocycles. The van der Waals surface area contributed by atoms with Gasteiger partial charge in [-0.15, -0.1) is 0 Å². The molecule has 1 aliphatic carbocycles. The maximum Gasteiger partial charge on any atom is 0.410 e. The number of likely N-dealkylation sites (tertiary alicyclic amines) is 1. The lowest BCUT2D eigenvalue weighted by molar-refractivity contribution is -0.118. The predicted molar refractivity (Wildman–Crippen MR) is 68.2 cm³/mol. The molecule has 4 nitrogen and oxygen atoms in total. The second-order valence-electron chi connectivity index (χ2n) is 6.50. The van der Waals surface area contributed by atoms with Crippen molar-refractivity contribution in [2.45, 2.75) is 58.6 Å². The number of ketones is 1. The fraction of sp³-hybridized carbons (Fsp3) is 0.857. The number of carbonyl (C=O) groups excluding carboxylic acids is 2. The van der Waals surface area contributed by atoms with E-state index in [2.05, 4.69) is 0 Å². The Kier molecular flexibility index (Phi) is 3.39. The second kappa shape index (κ2) is 4.56. The van der Waals surface area contributed by atoms with Gasteiger partial charge in [0.15, 0.2) is 0 Å². The van der Waals surface area contributed by atoms with Crippen LogP contribution < -0.4 is 0 Å². The van der Waals surface area contributed by atoms with Crippen LogP contribution in [0.3, 0.4) is 0 Å². The molecule has 0 aromatic rings. The van der Waals surface area contributed by atoms with E-state index in [9.17, 15) is 9.59 Å². The summed E-state index contributed by atoms with van der Waals surface area (Å²) < 4.78 is 5.43. The first-order chi connectivity index (χ1) is 8.29. The Bertz CT molecular complexity index is 359. The smallest absolute Gasteiger partial charge is 0.410 e. The van der Waals surface area contributed by atoms with Crippen LogP contribution in [0.15, 0.2) is 0 Å². The first kappa shape index (κ1) is 13.4. The topological polar surface area (TPSA) is 46.6 Å². The molecule has 1 saturated heterocycles. The van der Waals surface area contributed by atoms with Gasteiger partial charge in [-0.05, 0) is 52.9 Å². The van der Waals surface area contributed by atoms with Crippen molar-refractivity contribution in [1.82, 2.24) is 4.90 Å². The Morgan fingerprint density at radius 3 is 2.44 bits per heavy atom. The fourth-order valence-corrected chi connectivity index (χ4v) is 2.89. The van der Waals surface area contributed by atoms with Gasteiger partial charge in [0.1, 0.15) is 11.4 Å². The lowest BCUT2D eigenvalue weighted by atomic mass is 10.1. The third-order valence-corrected chi connectivity index (χ3v) is 3.78. The largest absolute Gasteiger partial charge is 0.444 e. The van der Waals surface area contributed by atoms with E-state index in [1.54, 1.807) is 6.92 Å². The molecule has 0 bridgehead atoms. The summed E-state index contributed by atoms with van der Waals surface area (Å²) in [6, 6.07) is 0.216. The number of amides is 1. The molecule has 0 spiro atoms. The molecular weight excluding hydrogens is 230 g/mol. The third-order valence-electron chi connectivity index (χ3n) is 3.78. The normalized spacial score (nSPS) is 31.3. The zero-order chi connectivity index (χ0) is 13.5. The quantitative estimate of drug-likeness (QED) is 0.760. The molecule has 0 radical (unpaired) electrons. The minimum Gasteiger partial charge on any atom is -0.444 e. The first-order valence-corrected chi connectivity index (χ1v) is 6.79. The summed E-state index contributed by atoms with van der Waals surface area (Å²) in [5.41, 5.74) is -0.451. The van der Waals surface area contributed by atoms with E-state index in [1.165, 1.54) is 0 Å². The van der Waals surface area contributed by atoms with Crippen molar-refractivity contribution in [1.29, 1.82) is 0 Å². The van der Waals surface area contributed by atoms with E-state index in [-0.39, 0.29) is 23.8 Å². The highest BCUT2D eigenvalue weighted by molar-refractivity contribution is 5.81. The number of hydrogen-bond acceptors (Lipinski definition) is 3. The van der Waals surface area contributed by atoms with E-state index in [0.717, 1.165) is 25.8 Å². The van der Waals surface area contributed by atoms with Crippen molar-refractivity contribution in [2.24, 2.45) is 11.8 Å². The van der Waals surface area contributed by atoms with Gasteiger partial charge in [-0.25, -0.2) is 4.79 Å². The monoisotopic (exact) mass is 253 g/mol. The van der Waals surface area contributed by atoms with Crippen molar-refractivity contribution >= 4 is 11.9 Å². The molecule has 0 aromatic heterocycles. The Morgan fingerprint density at radius 1 is 1.28 bits per heavy atom. The molecule has 2 fully saturated rings. The van der Waals surface area contributed by atoms with Crippen LogP contribution in [0, 0.1) is 11.8 Å². The summed E-state index contributed by atoms with van der Waals surface area (Å²) >= 11 is 0. The van der Waals surface area contributed by atoms with Crippen LogP contribution in [0.5, 0.6) is 0 Å². The van der Waals surface area contributed by atoms with Crippen molar-refractivity contribution in [2.75, 3.05) is 6.54 Å². The van der Waals surface area contributed by atoms with Crippen molar-refractivity contribution in [3.05, 3.63) is 0 Å². The molecule has 102 valence electrons. The average Bonchev–Trinajstić information content (AvgIpc) is 2.86. The number of carbonyl (C=O) groups is 2. The van der Waals surface area contributed by atoms with Crippen LogP contribution in [0.1, 0.15) is 47.0 Å². The Labute approximate surface area is 109 Å².